The molecule has 0 radical (unpaired) electrons. The van der Waals surface area contributed by atoms with Crippen molar-refractivity contribution in [1.82, 2.24) is 20.4 Å². The quantitative estimate of drug-likeness (QED) is 0.152. The summed E-state index contributed by atoms with van der Waals surface area (Å²) in [7, 11) is 0. The molecule has 0 unspecified atom stereocenters. The Hall–Kier alpha value is -4.44. The highest BCUT2D eigenvalue weighted by Gasteiger charge is 2.24. The summed E-state index contributed by atoms with van der Waals surface area (Å²) >= 11 is 3.41. The van der Waals surface area contributed by atoms with Crippen molar-refractivity contribution in [3.8, 4) is 5.69 Å². The van der Waals surface area contributed by atoms with Gasteiger partial charge >= 0.3 is 0 Å². The number of aromatic nitrogens is 2. The Morgan fingerprint density at radius 3 is 2.32 bits per heavy atom. The number of nitrogen functional groups attached to an aromatic ring is 1. The Balaban J connectivity index is 1.18. The summed E-state index contributed by atoms with van der Waals surface area (Å²) in [5.74, 6) is -0.0554. The summed E-state index contributed by atoms with van der Waals surface area (Å²) in [6.45, 7) is 0.246. The first kappa shape index (κ1) is 31.0. The Morgan fingerprint density at radius 2 is 1.61 bits per heavy atom. The maximum absolute atomic E-state index is 13.3. The van der Waals surface area contributed by atoms with Gasteiger partial charge in [-0.2, -0.15) is 5.10 Å². The van der Waals surface area contributed by atoms with E-state index < -0.39 is 6.04 Å². The first-order chi connectivity index (χ1) is 21.4. The molecular weight excluding hydrogens is 620 g/mol. The second-order valence-corrected chi connectivity index (χ2v) is 12.1. The van der Waals surface area contributed by atoms with Crippen LogP contribution in [0, 0.1) is 5.92 Å². The zero-order chi connectivity index (χ0) is 30.9. The number of para-hydroxylation sites is 1. The van der Waals surface area contributed by atoms with Crippen LogP contribution in [0.3, 0.4) is 0 Å². The highest BCUT2D eigenvalue weighted by atomic mass is 79.9. The number of benzene rings is 3. The van der Waals surface area contributed by atoms with Crippen LogP contribution in [0.15, 0.2) is 89.5 Å². The number of carbonyl (C=O) groups is 3. The molecule has 0 saturated heterocycles. The average molecular weight is 658 g/mol. The maximum atomic E-state index is 13.3. The van der Waals surface area contributed by atoms with Gasteiger partial charge in [-0.25, -0.2) is 4.68 Å². The monoisotopic (exact) mass is 656 g/mol. The molecule has 1 atom stereocenters. The molecule has 1 heterocycles. The molecule has 1 aliphatic carbocycles. The lowest BCUT2D eigenvalue weighted by Gasteiger charge is -2.24. The molecule has 4 aromatic rings. The van der Waals surface area contributed by atoms with Crippen molar-refractivity contribution in [3.05, 3.63) is 106 Å². The number of carbonyl (C=O) groups excluding carboxylic acids is 3. The number of nitrogens with one attached hydrogen (secondary N) is 3. The maximum Gasteiger partial charge on any atom is 0.256 e. The number of halogens is 1. The van der Waals surface area contributed by atoms with Gasteiger partial charge in [-0.05, 0) is 72.9 Å². The van der Waals surface area contributed by atoms with Gasteiger partial charge in [-0.15, -0.1) is 0 Å². The molecule has 44 heavy (non-hydrogen) atoms. The normalized spacial score (nSPS) is 14.0. The zero-order valence-corrected chi connectivity index (χ0v) is 26.1. The van der Waals surface area contributed by atoms with Crippen LogP contribution in [0.25, 0.3) is 5.69 Å². The zero-order valence-electron chi connectivity index (χ0n) is 24.5. The molecule has 0 aliphatic heterocycles. The van der Waals surface area contributed by atoms with E-state index in [2.05, 4.69) is 37.0 Å². The number of nitrogens with two attached hydrogens (primary N) is 1. The lowest BCUT2D eigenvalue weighted by Crippen LogP contribution is -2.44. The van der Waals surface area contributed by atoms with Crippen LogP contribution < -0.4 is 21.7 Å². The van der Waals surface area contributed by atoms with E-state index in [-0.39, 0.29) is 35.6 Å². The van der Waals surface area contributed by atoms with Crippen LogP contribution in [0.1, 0.15) is 71.2 Å². The van der Waals surface area contributed by atoms with Crippen molar-refractivity contribution >= 4 is 45.2 Å². The molecule has 5 rings (SSSR count). The number of amides is 3. The number of hydrogen-bond acceptors (Lipinski definition) is 5. The fraction of sp³-hybridized carbons (Fsp3) is 0.294. The van der Waals surface area contributed by atoms with Crippen molar-refractivity contribution in [2.24, 2.45) is 5.92 Å². The van der Waals surface area contributed by atoms with Crippen LogP contribution in [0.4, 0.5) is 11.5 Å². The van der Waals surface area contributed by atoms with Gasteiger partial charge in [-0.1, -0.05) is 78.4 Å². The van der Waals surface area contributed by atoms with Gasteiger partial charge in [0.15, 0.2) is 0 Å². The topological polar surface area (TPSA) is 131 Å². The highest BCUT2D eigenvalue weighted by Crippen LogP contribution is 2.28. The van der Waals surface area contributed by atoms with Crippen LogP contribution in [-0.4, -0.2) is 33.5 Å². The van der Waals surface area contributed by atoms with Crippen LogP contribution in [0.5, 0.6) is 0 Å². The van der Waals surface area contributed by atoms with Gasteiger partial charge in [0, 0.05) is 22.3 Å². The summed E-state index contributed by atoms with van der Waals surface area (Å²) in [5, 5.41) is 13.0. The molecule has 10 heteroatoms. The molecule has 9 nitrogen and oxygen atoms in total. The predicted octanol–water partition coefficient (Wildman–Crippen LogP) is 6.24. The molecule has 3 amide bonds. The molecule has 0 spiro atoms. The van der Waals surface area contributed by atoms with Gasteiger partial charge in [-0.3, -0.25) is 14.4 Å². The summed E-state index contributed by atoms with van der Waals surface area (Å²) in [6, 6.07) is 23.0. The van der Waals surface area contributed by atoms with Crippen molar-refractivity contribution in [3.63, 3.8) is 0 Å². The average Bonchev–Trinajstić information content (AvgIpc) is 3.45. The minimum Gasteiger partial charge on any atom is -0.383 e. The third-order valence-electron chi connectivity index (χ3n) is 8.04. The minimum absolute atomic E-state index is 0.231. The van der Waals surface area contributed by atoms with Gasteiger partial charge in [0.05, 0.1) is 11.9 Å². The number of anilines is 2. The van der Waals surface area contributed by atoms with Gasteiger partial charge in [0.2, 0.25) is 5.91 Å². The van der Waals surface area contributed by atoms with E-state index in [9.17, 15) is 14.4 Å². The second kappa shape index (κ2) is 14.8. The van der Waals surface area contributed by atoms with Crippen LogP contribution in [0.2, 0.25) is 0 Å². The highest BCUT2D eigenvalue weighted by molar-refractivity contribution is 9.10. The fourth-order valence-electron chi connectivity index (χ4n) is 5.51. The largest absolute Gasteiger partial charge is 0.383 e. The third-order valence-corrected chi connectivity index (χ3v) is 8.57. The molecule has 1 fully saturated rings. The SMILES string of the molecule is Nc1c(C(=O)NCc2ccc(C(=O)N[C@@H](CCC3CCCCC3)C(=O)Nc3ccc(Br)cc3)cc2)cnn1-c1ccccc1. The van der Waals surface area contributed by atoms with E-state index in [0.717, 1.165) is 22.1 Å². The lowest BCUT2D eigenvalue weighted by molar-refractivity contribution is -0.118. The van der Waals surface area contributed by atoms with E-state index in [1.165, 1.54) is 43.0 Å². The molecule has 5 N–H and O–H groups in total. The summed E-state index contributed by atoms with van der Waals surface area (Å²) < 4.78 is 2.44. The van der Waals surface area contributed by atoms with Crippen molar-refractivity contribution in [2.75, 3.05) is 11.1 Å². The van der Waals surface area contributed by atoms with Gasteiger partial charge in [0.25, 0.3) is 11.8 Å². The van der Waals surface area contributed by atoms with Crippen LogP contribution >= 0.6 is 15.9 Å². The summed E-state index contributed by atoms with van der Waals surface area (Å²) in [5.41, 5.74) is 9.17. The number of rotatable bonds is 11. The molecule has 1 aliphatic rings. The number of hydrogen-bond donors (Lipinski definition) is 4. The molecule has 1 saturated carbocycles. The third kappa shape index (κ3) is 8.13. The first-order valence-electron chi connectivity index (χ1n) is 15.0. The lowest BCUT2D eigenvalue weighted by atomic mass is 9.85. The standard InChI is InChI=1S/C34H37BrN6O3/c35-26-16-18-27(19-17-26)39-34(44)30(20-13-23-7-3-1-4-8-23)40-32(42)25-14-11-24(12-15-25)21-37-33(43)29-22-38-41(31(29)36)28-9-5-2-6-10-28/h2,5-6,9-12,14-19,22-23,30H,1,3-4,7-8,13,20-21,36H2,(H,37,43)(H,39,44)(H,40,42)/t30-/m0/s1. The van der Waals surface area contributed by atoms with Crippen molar-refractivity contribution in [1.29, 1.82) is 0 Å². The predicted molar refractivity (Wildman–Crippen MR) is 175 cm³/mol. The minimum atomic E-state index is -0.658. The Kier molecular flexibility index (Phi) is 10.5. The van der Waals surface area contributed by atoms with Crippen molar-refractivity contribution in [2.45, 2.75) is 57.5 Å². The first-order valence-corrected chi connectivity index (χ1v) is 15.8. The van der Waals surface area contributed by atoms with E-state index in [1.54, 1.807) is 24.3 Å². The van der Waals surface area contributed by atoms with E-state index in [4.69, 9.17) is 5.73 Å². The molecule has 1 aromatic heterocycles. The molecule has 3 aromatic carbocycles. The van der Waals surface area contributed by atoms with E-state index in [1.807, 2.05) is 54.6 Å². The molecule has 0 bridgehead atoms. The van der Waals surface area contributed by atoms with Crippen LogP contribution in [-0.2, 0) is 11.3 Å². The molecule has 228 valence electrons. The Morgan fingerprint density at radius 1 is 0.909 bits per heavy atom. The summed E-state index contributed by atoms with van der Waals surface area (Å²) in [6.07, 6.45) is 8.99. The van der Waals surface area contributed by atoms with Crippen molar-refractivity contribution < 1.29 is 14.4 Å². The Bertz CT molecular complexity index is 1570. The smallest absolute Gasteiger partial charge is 0.256 e. The van der Waals surface area contributed by atoms with E-state index >= 15 is 0 Å². The second-order valence-electron chi connectivity index (χ2n) is 11.2. The van der Waals surface area contributed by atoms with Gasteiger partial charge < -0.3 is 21.7 Å². The molecular formula is C34H37BrN6O3. The number of nitrogens with zero attached hydrogens (tertiary/aromatic N) is 2. The fourth-order valence-corrected chi connectivity index (χ4v) is 5.77. The Labute approximate surface area is 265 Å². The van der Waals surface area contributed by atoms with Gasteiger partial charge in [0.1, 0.15) is 17.4 Å². The summed E-state index contributed by atoms with van der Waals surface area (Å²) in [4.78, 5) is 39.3. The van der Waals surface area contributed by atoms with E-state index in [0.29, 0.717) is 23.6 Å².